The van der Waals surface area contributed by atoms with Crippen LogP contribution in [0.4, 0.5) is 11.4 Å². The smallest absolute Gasteiger partial charge is 0.169 e. The average molecular weight is 470 g/mol. The number of fused-ring (bicyclic) bond motifs is 1. The molecule has 35 heavy (non-hydrogen) atoms. The highest BCUT2D eigenvalue weighted by atomic mass is 16.5. The second-order valence-electron chi connectivity index (χ2n) is 7.78. The minimum atomic E-state index is 0.425. The van der Waals surface area contributed by atoms with Gasteiger partial charge in [-0.15, -0.1) is 0 Å². The van der Waals surface area contributed by atoms with Gasteiger partial charge in [-0.2, -0.15) is 5.26 Å². The van der Waals surface area contributed by atoms with Crippen LogP contribution in [-0.2, 0) is 0 Å². The first-order valence-corrected chi connectivity index (χ1v) is 11.4. The van der Waals surface area contributed by atoms with E-state index in [1.54, 1.807) is 20.4 Å². The Hall–Kier alpha value is -4.44. The fourth-order valence-corrected chi connectivity index (χ4v) is 3.60. The van der Waals surface area contributed by atoms with Crippen molar-refractivity contribution in [3.8, 4) is 34.8 Å². The number of hydrogen-bond donors (Lipinski definition) is 1. The molecule has 1 aromatic heterocycles. The van der Waals surface area contributed by atoms with E-state index in [2.05, 4.69) is 23.3 Å². The van der Waals surface area contributed by atoms with Crippen LogP contribution in [0.5, 0.6) is 28.7 Å². The predicted octanol–water partition coefficient (Wildman–Crippen LogP) is 6.84. The number of rotatable bonds is 10. The molecule has 0 saturated heterocycles. The van der Waals surface area contributed by atoms with Crippen molar-refractivity contribution in [1.29, 1.82) is 5.26 Å². The molecule has 0 bridgehead atoms. The zero-order valence-corrected chi connectivity index (χ0v) is 20.0. The van der Waals surface area contributed by atoms with Gasteiger partial charge in [-0.3, -0.25) is 4.98 Å². The summed E-state index contributed by atoms with van der Waals surface area (Å²) in [7, 11) is 3.21. The van der Waals surface area contributed by atoms with E-state index in [4.69, 9.17) is 18.9 Å². The molecule has 0 atom stereocenters. The summed E-state index contributed by atoms with van der Waals surface area (Å²) in [5, 5.41) is 13.8. The summed E-state index contributed by atoms with van der Waals surface area (Å²) in [6, 6.07) is 20.9. The summed E-state index contributed by atoms with van der Waals surface area (Å²) < 4.78 is 22.8. The predicted molar refractivity (Wildman–Crippen MR) is 136 cm³/mol. The maximum Gasteiger partial charge on any atom is 0.169 e. The molecule has 4 rings (SSSR count). The van der Waals surface area contributed by atoms with Gasteiger partial charge in [0.15, 0.2) is 23.0 Å². The van der Waals surface area contributed by atoms with Gasteiger partial charge in [0, 0.05) is 23.3 Å². The van der Waals surface area contributed by atoms with Gasteiger partial charge in [-0.1, -0.05) is 25.5 Å². The van der Waals surface area contributed by atoms with E-state index >= 15 is 0 Å². The first-order valence-electron chi connectivity index (χ1n) is 11.4. The molecular weight excluding hydrogens is 442 g/mol. The van der Waals surface area contributed by atoms with Crippen LogP contribution in [0.1, 0.15) is 25.3 Å². The van der Waals surface area contributed by atoms with Crippen LogP contribution in [0.15, 0.2) is 66.9 Å². The van der Waals surface area contributed by atoms with Gasteiger partial charge in [0.05, 0.1) is 37.6 Å². The number of aromatic nitrogens is 1. The molecule has 7 heteroatoms. The SMILES string of the molecule is CCCCOc1cc2ncc(C#N)c(Nc3ccc(Oc4ccccc4OC)cc3)c2cc1OC. The van der Waals surface area contributed by atoms with Gasteiger partial charge in [-0.05, 0) is 48.9 Å². The molecule has 0 aliphatic rings. The Morgan fingerprint density at radius 2 is 1.66 bits per heavy atom. The van der Waals surface area contributed by atoms with Crippen LogP contribution in [0.3, 0.4) is 0 Å². The summed E-state index contributed by atoms with van der Waals surface area (Å²) in [6.07, 6.45) is 3.55. The molecule has 0 unspecified atom stereocenters. The van der Waals surface area contributed by atoms with Crippen molar-refractivity contribution < 1.29 is 18.9 Å². The third-order valence-electron chi connectivity index (χ3n) is 5.45. The van der Waals surface area contributed by atoms with Crippen LogP contribution in [0.2, 0.25) is 0 Å². The number of ether oxygens (including phenoxy) is 4. The molecular formula is C28H27N3O4. The molecule has 1 heterocycles. The third kappa shape index (κ3) is 5.39. The number of methoxy groups -OCH3 is 2. The summed E-state index contributed by atoms with van der Waals surface area (Å²) in [4.78, 5) is 4.47. The Labute approximate surface area is 204 Å². The number of nitrogens with zero attached hydrogens (tertiary/aromatic N) is 2. The second-order valence-corrected chi connectivity index (χ2v) is 7.78. The highest BCUT2D eigenvalue weighted by Crippen LogP contribution is 2.38. The van der Waals surface area contributed by atoms with Gasteiger partial charge < -0.3 is 24.3 Å². The lowest BCUT2D eigenvalue weighted by Gasteiger charge is -2.16. The molecule has 0 fully saturated rings. The number of unbranched alkanes of at least 4 members (excludes halogenated alkanes) is 1. The zero-order chi connectivity index (χ0) is 24.6. The van der Waals surface area contributed by atoms with Crippen molar-refractivity contribution in [2.24, 2.45) is 0 Å². The summed E-state index contributed by atoms with van der Waals surface area (Å²) in [5.74, 6) is 3.18. The third-order valence-corrected chi connectivity index (χ3v) is 5.45. The van der Waals surface area contributed by atoms with E-state index < -0.39 is 0 Å². The van der Waals surface area contributed by atoms with Gasteiger partial charge in [0.1, 0.15) is 11.8 Å². The number of hydrogen-bond acceptors (Lipinski definition) is 7. The van der Waals surface area contributed by atoms with Crippen LogP contribution in [-0.4, -0.2) is 25.8 Å². The van der Waals surface area contributed by atoms with E-state index in [0.717, 1.165) is 23.9 Å². The minimum absolute atomic E-state index is 0.425. The Morgan fingerprint density at radius 1 is 0.914 bits per heavy atom. The monoisotopic (exact) mass is 469 g/mol. The highest BCUT2D eigenvalue weighted by Gasteiger charge is 2.15. The first kappa shape index (κ1) is 23.7. The van der Waals surface area contributed by atoms with Crippen molar-refractivity contribution in [2.75, 3.05) is 26.1 Å². The molecule has 0 aliphatic heterocycles. The van der Waals surface area contributed by atoms with Gasteiger partial charge in [0.25, 0.3) is 0 Å². The summed E-state index contributed by atoms with van der Waals surface area (Å²) in [6.45, 7) is 2.71. The maximum atomic E-state index is 9.72. The fraction of sp³-hybridized carbons (Fsp3) is 0.214. The van der Waals surface area contributed by atoms with Crippen LogP contribution in [0, 0.1) is 11.3 Å². The zero-order valence-electron chi connectivity index (χ0n) is 20.0. The van der Waals surface area contributed by atoms with E-state index in [0.29, 0.717) is 52.1 Å². The number of nitriles is 1. The quantitative estimate of drug-likeness (QED) is 0.255. The number of para-hydroxylation sites is 2. The van der Waals surface area contributed by atoms with Crippen molar-refractivity contribution in [1.82, 2.24) is 4.98 Å². The Morgan fingerprint density at radius 3 is 2.34 bits per heavy atom. The van der Waals surface area contributed by atoms with Crippen molar-refractivity contribution >= 4 is 22.3 Å². The lowest BCUT2D eigenvalue weighted by atomic mass is 10.1. The fourth-order valence-electron chi connectivity index (χ4n) is 3.60. The highest BCUT2D eigenvalue weighted by molar-refractivity contribution is 5.97. The van der Waals surface area contributed by atoms with Crippen LogP contribution < -0.4 is 24.3 Å². The molecule has 7 nitrogen and oxygen atoms in total. The molecule has 4 aromatic rings. The maximum absolute atomic E-state index is 9.72. The van der Waals surface area contributed by atoms with Crippen molar-refractivity contribution in [2.45, 2.75) is 19.8 Å². The first-order chi connectivity index (χ1) is 17.2. The van der Waals surface area contributed by atoms with Gasteiger partial charge in [-0.25, -0.2) is 0 Å². The number of pyridine rings is 1. The van der Waals surface area contributed by atoms with E-state index in [1.165, 1.54) is 0 Å². The van der Waals surface area contributed by atoms with Gasteiger partial charge >= 0.3 is 0 Å². The standard InChI is InChI=1S/C28H27N3O4/c1-4-5-14-34-27-16-23-22(15-26(27)33-3)28(19(17-29)18-30-23)31-20-10-12-21(13-11-20)35-25-9-7-6-8-24(25)32-2/h6-13,15-16,18H,4-5,14H2,1-3H3,(H,30,31). The molecule has 0 spiro atoms. The largest absolute Gasteiger partial charge is 0.493 e. The molecule has 0 aliphatic carbocycles. The second kappa shape index (κ2) is 11.1. The number of anilines is 2. The molecule has 0 saturated carbocycles. The normalized spacial score (nSPS) is 10.5. The lowest BCUT2D eigenvalue weighted by Crippen LogP contribution is -2.01. The molecule has 0 radical (unpaired) electrons. The molecule has 0 amide bonds. The number of benzene rings is 3. The van der Waals surface area contributed by atoms with Crippen molar-refractivity contribution in [3.05, 3.63) is 72.4 Å². The topological polar surface area (TPSA) is 85.6 Å². The average Bonchev–Trinajstić information content (AvgIpc) is 2.90. The van der Waals surface area contributed by atoms with E-state index in [9.17, 15) is 5.26 Å². The summed E-state index contributed by atoms with van der Waals surface area (Å²) >= 11 is 0. The van der Waals surface area contributed by atoms with Crippen molar-refractivity contribution in [3.63, 3.8) is 0 Å². The summed E-state index contributed by atoms with van der Waals surface area (Å²) in [5.41, 5.74) is 2.57. The number of nitrogens with one attached hydrogen (secondary N) is 1. The lowest BCUT2D eigenvalue weighted by molar-refractivity contribution is 0.289. The van der Waals surface area contributed by atoms with Gasteiger partial charge in [0.2, 0.25) is 0 Å². The van der Waals surface area contributed by atoms with Crippen LogP contribution in [0.25, 0.3) is 10.9 Å². The Balaban J connectivity index is 1.63. The van der Waals surface area contributed by atoms with E-state index in [1.807, 2.05) is 60.7 Å². The molecule has 3 aromatic carbocycles. The van der Waals surface area contributed by atoms with E-state index in [-0.39, 0.29) is 0 Å². The Bertz CT molecular complexity index is 1350. The molecule has 1 N–H and O–H groups in total. The molecule has 178 valence electrons. The van der Waals surface area contributed by atoms with Crippen LogP contribution >= 0.6 is 0 Å². The Kier molecular flexibility index (Phi) is 7.53. The minimum Gasteiger partial charge on any atom is -0.493 e.